The van der Waals surface area contributed by atoms with E-state index in [4.69, 9.17) is 7.98 Å². The highest BCUT2D eigenvalue weighted by atomic mass is 15.3. The lowest BCUT2D eigenvalue weighted by atomic mass is 10.4. The van der Waals surface area contributed by atoms with Gasteiger partial charge in [-0.25, -0.2) is 4.68 Å². The smallest absolute Gasteiger partial charge is 0.267 e. The third kappa shape index (κ3) is 1.07. The first-order valence-electron chi connectivity index (χ1n) is 2.85. The number of hydrogen-bond acceptors (Lipinski definition) is 3. The summed E-state index contributed by atoms with van der Waals surface area (Å²) < 4.78 is 1.62. The summed E-state index contributed by atoms with van der Waals surface area (Å²) in [5, 5.41) is 10.8. The van der Waals surface area contributed by atoms with Crippen molar-refractivity contribution in [2.45, 2.75) is 6.92 Å². The first-order chi connectivity index (χ1) is 4.75. The fourth-order valence-corrected chi connectivity index (χ4v) is 0.739. The lowest BCUT2D eigenvalue weighted by Crippen LogP contribution is -1.87. The highest BCUT2D eigenvalue weighted by Crippen LogP contribution is 2.15. The molecule has 1 aromatic rings. The molecule has 4 nitrogen and oxygen atoms in total. The molecule has 50 valence electrons. The fraction of sp³-hybridized carbons (Fsp3) is 0.400. The van der Waals surface area contributed by atoms with Crippen molar-refractivity contribution in [1.82, 2.24) is 9.78 Å². The molecule has 0 unspecified atom stereocenters. The maximum Gasteiger partial charge on any atom is 0.293 e. The molecule has 0 bridgehead atoms. The molecule has 0 amide bonds. The van der Waals surface area contributed by atoms with E-state index in [0.29, 0.717) is 5.82 Å². The van der Waals surface area contributed by atoms with Crippen LogP contribution in [-0.4, -0.2) is 17.8 Å². The van der Waals surface area contributed by atoms with E-state index in [2.05, 4.69) is 15.2 Å². The van der Waals surface area contributed by atoms with Gasteiger partial charge in [-0.3, -0.25) is 5.03 Å². The standard InChI is InChI=1S/C5H7BN4/c1-4-3-7-10(2)5(4)8-9-6/h3H,1-2H3. The predicted molar refractivity (Wildman–Crippen MR) is 38.2 cm³/mol. The molecule has 0 saturated carbocycles. The van der Waals surface area contributed by atoms with Gasteiger partial charge < -0.3 is 0 Å². The van der Waals surface area contributed by atoms with Gasteiger partial charge in [-0.15, -0.1) is 0 Å². The molecular weight excluding hydrogens is 127 g/mol. The van der Waals surface area contributed by atoms with E-state index < -0.39 is 0 Å². The normalized spacial score (nSPS) is 11.0. The van der Waals surface area contributed by atoms with Crippen LogP contribution in [0.25, 0.3) is 0 Å². The summed E-state index contributed by atoms with van der Waals surface area (Å²) in [5.74, 6) is 0.697. The first kappa shape index (κ1) is 6.99. The minimum absolute atomic E-state index is 0.697. The van der Waals surface area contributed by atoms with Crippen LogP contribution >= 0.6 is 0 Å². The summed E-state index contributed by atoms with van der Waals surface area (Å²) in [6, 6.07) is 0. The Labute approximate surface area is 60.4 Å². The molecule has 1 rings (SSSR count). The van der Waals surface area contributed by atoms with Crippen molar-refractivity contribution in [3.63, 3.8) is 0 Å². The molecule has 2 radical (unpaired) electrons. The zero-order valence-corrected chi connectivity index (χ0v) is 5.94. The SMILES string of the molecule is [B]N=Nc1c(C)cnn1C. The van der Waals surface area contributed by atoms with Gasteiger partial charge in [-0.1, -0.05) is 0 Å². The van der Waals surface area contributed by atoms with Crippen LogP contribution in [0.2, 0.25) is 0 Å². The molecule has 10 heavy (non-hydrogen) atoms. The Hall–Kier alpha value is -1.13. The number of aromatic nitrogens is 2. The fourth-order valence-electron chi connectivity index (χ4n) is 0.739. The van der Waals surface area contributed by atoms with E-state index in [9.17, 15) is 0 Å². The monoisotopic (exact) mass is 134 g/mol. The summed E-state index contributed by atoms with van der Waals surface area (Å²) in [6.45, 7) is 1.90. The third-order valence-corrected chi connectivity index (χ3v) is 1.24. The molecule has 0 spiro atoms. The second-order valence-electron chi connectivity index (χ2n) is 1.99. The maximum absolute atomic E-state index is 4.87. The summed E-state index contributed by atoms with van der Waals surface area (Å²) >= 11 is 0. The summed E-state index contributed by atoms with van der Waals surface area (Å²) in [4.78, 5) is 0. The zero-order valence-electron chi connectivity index (χ0n) is 5.94. The van der Waals surface area contributed by atoms with Crippen molar-refractivity contribution in [1.29, 1.82) is 0 Å². The van der Waals surface area contributed by atoms with Crippen molar-refractivity contribution in [2.75, 3.05) is 0 Å². The molecule has 5 heteroatoms. The Kier molecular flexibility index (Phi) is 1.84. The van der Waals surface area contributed by atoms with Crippen molar-refractivity contribution in [2.24, 2.45) is 17.2 Å². The van der Waals surface area contributed by atoms with Crippen LogP contribution in [-0.2, 0) is 7.05 Å². The van der Waals surface area contributed by atoms with Crippen molar-refractivity contribution in [3.05, 3.63) is 11.8 Å². The Balaban J connectivity index is 3.10. The van der Waals surface area contributed by atoms with Crippen LogP contribution in [0.1, 0.15) is 5.56 Å². The van der Waals surface area contributed by atoms with Gasteiger partial charge in [-0.05, 0) is 6.92 Å². The quantitative estimate of drug-likeness (QED) is 0.415. The minimum atomic E-state index is 0.697. The Morgan fingerprint density at radius 2 is 2.40 bits per heavy atom. The van der Waals surface area contributed by atoms with Crippen LogP contribution in [0, 0.1) is 6.92 Å². The number of aryl methyl sites for hydroxylation is 2. The van der Waals surface area contributed by atoms with Gasteiger partial charge in [0.1, 0.15) is 0 Å². The second kappa shape index (κ2) is 2.64. The zero-order chi connectivity index (χ0) is 7.56. The van der Waals surface area contributed by atoms with Crippen LogP contribution in [0.4, 0.5) is 5.82 Å². The molecule has 0 N–H and O–H groups in total. The van der Waals surface area contributed by atoms with Gasteiger partial charge in [0.2, 0.25) is 0 Å². The highest BCUT2D eigenvalue weighted by molar-refractivity contribution is 6.04. The van der Waals surface area contributed by atoms with Gasteiger partial charge in [0, 0.05) is 12.6 Å². The molecule has 0 saturated heterocycles. The van der Waals surface area contributed by atoms with Crippen LogP contribution in [0.5, 0.6) is 0 Å². The molecule has 0 aliphatic heterocycles. The molecule has 1 aromatic heterocycles. The van der Waals surface area contributed by atoms with Crippen LogP contribution in [0.15, 0.2) is 16.3 Å². The Morgan fingerprint density at radius 3 is 2.80 bits per heavy atom. The molecule has 0 aliphatic carbocycles. The number of rotatable bonds is 1. The van der Waals surface area contributed by atoms with Crippen molar-refractivity contribution >= 4 is 13.8 Å². The van der Waals surface area contributed by atoms with Gasteiger partial charge in [-0.2, -0.15) is 10.2 Å². The average molecular weight is 134 g/mol. The molecule has 0 fully saturated rings. The number of hydrogen-bond donors (Lipinski definition) is 0. The molecule has 0 atom stereocenters. The predicted octanol–water partition coefficient (Wildman–Crippen LogP) is 0.896. The van der Waals surface area contributed by atoms with Gasteiger partial charge in [0.05, 0.1) is 6.20 Å². The maximum atomic E-state index is 4.87. The summed E-state index contributed by atoms with van der Waals surface area (Å²) in [7, 11) is 6.66. The van der Waals surface area contributed by atoms with E-state index in [1.165, 1.54) is 0 Å². The highest BCUT2D eigenvalue weighted by Gasteiger charge is 1.99. The molecule has 1 heterocycles. The van der Waals surface area contributed by atoms with E-state index in [1.807, 2.05) is 6.92 Å². The summed E-state index contributed by atoms with van der Waals surface area (Å²) in [6.07, 6.45) is 1.71. The van der Waals surface area contributed by atoms with Crippen LogP contribution in [0.3, 0.4) is 0 Å². The lowest BCUT2D eigenvalue weighted by molar-refractivity contribution is 0.765. The van der Waals surface area contributed by atoms with Crippen molar-refractivity contribution < 1.29 is 0 Å². The number of nitrogens with zero attached hydrogens (tertiary/aromatic N) is 4. The average Bonchev–Trinajstić information content (AvgIpc) is 2.20. The molecule has 0 aliphatic rings. The molecular formula is C5H7BN4. The first-order valence-corrected chi connectivity index (χ1v) is 2.85. The van der Waals surface area contributed by atoms with Gasteiger partial charge in [0.25, 0.3) is 7.98 Å². The summed E-state index contributed by atoms with van der Waals surface area (Å²) in [5.41, 5.74) is 0.969. The largest absolute Gasteiger partial charge is 0.293 e. The van der Waals surface area contributed by atoms with E-state index in [0.717, 1.165) is 5.56 Å². The lowest BCUT2D eigenvalue weighted by Gasteiger charge is -1.92. The molecule has 0 aromatic carbocycles. The van der Waals surface area contributed by atoms with E-state index in [-0.39, 0.29) is 0 Å². The van der Waals surface area contributed by atoms with Gasteiger partial charge >= 0.3 is 0 Å². The minimum Gasteiger partial charge on any atom is -0.267 e. The van der Waals surface area contributed by atoms with E-state index >= 15 is 0 Å². The Bertz CT molecular complexity index is 233. The topological polar surface area (TPSA) is 42.5 Å². The second-order valence-corrected chi connectivity index (χ2v) is 1.99. The van der Waals surface area contributed by atoms with E-state index in [1.54, 1.807) is 17.9 Å². The third-order valence-electron chi connectivity index (χ3n) is 1.24. The Morgan fingerprint density at radius 1 is 1.70 bits per heavy atom. The van der Waals surface area contributed by atoms with Gasteiger partial charge in [0.15, 0.2) is 5.82 Å². The van der Waals surface area contributed by atoms with Crippen LogP contribution < -0.4 is 0 Å². The van der Waals surface area contributed by atoms with Crippen molar-refractivity contribution in [3.8, 4) is 0 Å².